The number of imidazole rings is 1. The van der Waals surface area contributed by atoms with E-state index in [-0.39, 0.29) is 12.0 Å². The van der Waals surface area contributed by atoms with Gasteiger partial charge in [-0.2, -0.15) is 0 Å². The Bertz CT molecular complexity index is 456. The highest BCUT2D eigenvalue weighted by Crippen LogP contribution is 2.20. The zero-order valence-corrected chi connectivity index (χ0v) is 13.2. The van der Waals surface area contributed by atoms with Crippen molar-refractivity contribution < 1.29 is 9.53 Å². The first-order chi connectivity index (χ1) is 10.3. The van der Waals surface area contributed by atoms with E-state index in [4.69, 9.17) is 4.74 Å². The van der Waals surface area contributed by atoms with E-state index >= 15 is 0 Å². The van der Waals surface area contributed by atoms with Crippen LogP contribution in [0.25, 0.3) is 0 Å². The van der Waals surface area contributed by atoms with Gasteiger partial charge < -0.3 is 14.6 Å². The van der Waals surface area contributed by atoms with Crippen molar-refractivity contribution in [2.24, 2.45) is 0 Å². The third-order valence-electron chi connectivity index (χ3n) is 3.98. The summed E-state index contributed by atoms with van der Waals surface area (Å²) in [4.78, 5) is 16.5. The molecule has 5 nitrogen and oxygen atoms in total. The number of ether oxygens (including phenoxy) is 1. The van der Waals surface area contributed by atoms with Gasteiger partial charge in [-0.25, -0.2) is 4.98 Å². The maximum Gasteiger partial charge on any atom is 0.323 e. The van der Waals surface area contributed by atoms with E-state index in [1.165, 1.54) is 24.2 Å². The third-order valence-corrected chi connectivity index (χ3v) is 3.98. The van der Waals surface area contributed by atoms with Crippen LogP contribution in [0.2, 0.25) is 0 Å². The molecule has 0 aliphatic heterocycles. The van der Waals surface area contributed by atoms with Crippen LogP contribution in [0.4, 0.5) is 0 Å². The van der Waals surface area contributed by atoms with Crippen LogP contribution in [0.15, 0.2) is 6.33 Å². The first-order valence-electron chi connectivity index (χ1n) is 8.19. The summed E-state index contributed by atoms with van der Waals surface area (Å²) in [5.74, 6) is -0.139. The number of rotatable bonds is 8. The standard InChI is InChI=1S/C16H27N3O2/c1-3-10-17-14(16(20)21-4-2)9-11-19-12-18-13-7-5-6-8-15(13)19/h12,14,17H,3-11H2,1-2H3. The average molecular weight is 293 g/mol. The molecule has 21 heavy (non-hydrogen) atoms. The summed E-state index contributed by atoms with van der Waals surface area (Å²) in [5, 5.41) is 3.29. The zero-order chi connectivity index (χ0) is 15.1. The minimum Gasteiger partial charge on any atom is -0.465 e. The lowest BCUT2D eigenvalue weighted by Gasteiger charge is -2.19. The van der Waals surface area contributed by atoms with Crippen LogP contribution in [0.1, 0.15) is 50.9 Å². The van der Waals surface area contributed by atoms with Gasteiger partial charge in [0.05, 0.1) is 18.6 Å². The second-order valence-electron chi connectivity index (χ2n) is 5.59. The van der Waals surface area contributed by atoms with E-state index in [0.29, 0.717) is 6.61 Å². The molecule has 1 aromatic rings. The highest BCUT2D eigenvalue weighted by atomic mass is 16.5. The van der Waals surface area contributed by atoms with Gasteiger partial charge in [0.25, 0.3) is 0 Å². The minimum atomic E-state index is -0.216. The molecule has 0 fully saturated rings. The minimum absolute atomic E-state index is 0.139. The van der Waals surface area contributed by atoms with E-state index in [1.807, 2.05) is 13.3 Å². The van der Waals surface area contributed by atoms with E-state index < -0.39 is 0 Å². The summed E-state index contributed by atoms with van der Waals surface area (Å²) in [6.45, 7) is 6.04. The number of aromatic nitrogens is 2. The topological polar surface area (TPSA) is 56.2 Å². The number of hydrogen-bond donors (Lipinski definition) is 1. The molecule has 1 heterocycles. The van der Waals surface area contributed by atoms with Crippen LogP contribution >= 0.6 is 0 Å². The Hall–Kier alpha value is -1.36. The monoisotopic (exact) mass is 293 g/mol. The first-order valence-corrected chi connectivity index (χ1v) is 8.19. The fourth-order valence-electron chi connectivity index (χ4n) is 2.86. The largest absolute Gasteiger partial charge is 0.465 e. The molecule has 0 amide bonds. The molecule has 1 N–H and O–H groups in total. The summed E-state index contributed by atoms with van der Waals surface area (Å²) in [5.41, 5.74) is 2.61. The Kier molecular flexibility index (Phi) is 6.23. The van der Waals surface area contributed by atoms with Crippen molar-refractivity contribution in [2.45, 2.75) is 65.0 Å². The quantitative estimate of drug-likeness (QED) is 0.746. The Morgan fingerprint density at radius 1 is 1.43 bits per heavy atom. The Labute approximate surface area is 127 Å². The predicted molar refractivity (Wildman–Crippen MR) is 82.2 cm³/mol. The molecule has 0 radical (unpaired) electrons. The van der Waals surface area contributed by atoms with Gasteiger partial charge >= 0.3 is 5.97 Å². The Morgan fingerprint density at radius 3 is 3.00 bits per heavy atom. The van der Waals surface area contributed by atoms with E-state index in [9.17, 15) is 4.79 Å². The van der Waals surface area contributed by atoms with Crippen molar-refractivity contribution in [1.29, 1.82) is 0 Å². The Morgan fingerprint density at radius 2 is 2.24 bits per heavy atom. The predicted octanol–water partition coefficient (Wildman–Crippen LogP) is 2.08. The number of carbonyl (C=O) groups is 1. The number of hydrogen-bond acceptors (Lipinski definition) is 4. The maximum absolute atomic E-state index is 12.0. The van der Waals surface area contributed by atoms with E-state index in [2.05, 4.69) is 21.8 Å². The summed E-state index contributed by atoms with van der Waals surface area (Å²) in [6.07, 6.45) is 8.39. The van der Waals surface area contributed by atoms with Crippen molar-refractivity contribution in [3.63, 3.8) is 0 Å². The maximum atomic E-state index is 12.0. The van der Waals surface area contributed by atoms with Gasteiger partial charge in [-0.15, -0.1) is 0 Å². The normalized spacial score (nSPS) is 15.5. The van der Waals surface area contributed by atoms with E-state index in [0.717, 1.165) is 38.8 Å². The molecule has 1 aromatic heterocycles. The van der Waals surface area contributed by atoms with Crippen molar-refractivity contribution in [3.05, 3.63) is 17.7 Å². The third kappa shape index (κ3) is 4.30. The van der Waals surface area contributed by atoms with Crippen molar-refractivity contribution in [3.8, 4) is 0 Å². The molecule has 118 valence electrons. The van der Waals surface area contributed by atoms with Gasteiger partial charge in [0.1, 0.15) is 6.04 Å². The van der Waals surface area contributed by atoms with Crippen molar-refractivity contribution in [2.75, 3.05) is 13.2 Å². The van der Waals surface area contributed by atoms with Gasteiger partial charge in [0.2, 0.25) is 0 Å². The summed E-state index contributed by atoms with van der Waals surface area (Å²) >= 11 is 0. The van der Waals surface area contributed by atoms with Gasteiger partial charge in [-0.1, -0.05) is 6.92 Å². The fraction of sp³-hybridized carbons (Fsp3) is 0.750. The SMILES string of the molecule is CCCNC(CCn1cnc2c1CCCC2)C(=O)OCC. The molecule has 0 spiro atoms. The average Bonchev–Trinajstić information content (AvgIpc) is 2.91. The molecule has 1 aliphatic rings. The molecule has 0 saturated heterocycles. The molecular weight excluding hydrogens is 266 g/mol. The molecule has 0 aromatic carbocycles. The molecule has 0 bridgehead atoms. The molecular formula is C16H27N3O2. The van der Waals surface area contributed by atoms with Gasteiger partial charge in [0.15, 0.2) is 0 Å². The number of nitrogens with one attached hydrogen (secondary N) is 1. The summed E-state index contributed by atoms with van der Waals surface area (Å²) < 4.78 is 7.37. The van der Waals surface area contributed by atoms with Crippen LogP contribution in [0.5, 0.6) is 0 Å². The van der Waals surface area contributed by atoms with Crippen LogP contribution < -0.4 is 5.32 Å². The van der Waals surface area contributed by atoms with Crippen LogP contribution in [-0.2, 0) is 28.9 Å². The number of carbonyl (C=O) groups excluding carboxylic acids is 1. The second kappa shape index (κ2) is 8.17. The number of fused-ring (bicyclic) bond motifs is 1. The second-order valence-corrected chi connectivity index (χ2v) is 5.59. The van der Waals surface area contributed by atoms with E-state index in [1.54, 1.807) is 0 Å². The lowest BCUT2D eigenvalue weighted by Crippen LogP contribution is -2.39. The number of nitrogens with zero attached hydrogens (tertiary/aromatic N) is 2. The molecule has 2 rings (SSSR count). The lowest BCUT2D eigenvalue weighted by molar-refractivity contribution is -0.145. The Balaban J connectivity index is 1.94. The van der Waals surface area contributed by atoms with Gasteiger partial charge in [-0.05, 0) is 52.0 Å². The molecule has 5 heteroatoms. The van der Waals surface area contributed by atoms with Crippen molar-refractivity contribution in [1.82, 2.24) is 14.9 Å². The highest BCUT2D eigenvalue weighted by molar-refractivity contribution is 5.75. The molecule has 1 unspecified atom stereocenters. The van der Waals surface area contributed by atoms with Crippen molar-refractivity contribution >= 4 is 5.97 Å². The zero-order valence-electron chi connectivity index (χ0n) is 13.2. The van der Waals surface area contributed by atoms with Gasteiger partial charge in [-0.3, -0.25) is 4.79 Å². The summed E-state index contributed by atoms with van der Waals surface area (Å²) in [7, 11) is 0. The molecule has 1 aliphatic carbocycles. The van der Waals surface area contributed by atoms with Crippen LogP contribution in [-0.4, -0.2) is 34.7 Å². The number of esters is 1. The molecule has 1 atom stereocenters. The smallest absolute Gasteiger partial charge is 0.323 e. The highest BCUT2D eigenvalue weighted by Gasteiger charge is 2.20. The molecule has 0 saturated carbocycles. The summed E-state index contributed by atoms with van der Waals surface area (Å²) in [6, 6.07) is -0.216. The van der Waals surface area contributed by atoms with Gasteiger partial charge in [0, 0.05) is 12.2 Å². The lowest BCUT2D eigenvalue weighted by atomic mass is 10.0. The van der Waals surface area contributed by atoms with Crippen LogP contribution in [0.3, 0.4) is 0 Å². The fourth-order valence-corrected chi connectivity index (χ4v) is 2.86. The first kappa shape index (κ1) is 16.0. The van der Waals surface area contributed by atoms with Crippen LogP contribution in [0, 0.1) is 0 Å². The number of aryl methyl sites for hydroxylation is 2.